The molecule has 0 saturated carbocycles. The predicted octanol–water partition coefficient (Wildman–Crippen LogP) is 1.57. The van der Waals surface area contributed by atoms with Crippen molar-refractivity contribution in [2.24, 2.45) is 11.8 Å². The molecule has 0 radical (unpaired) electrons. The minimum Gasteiger partial charge on any atom is -0.481 e. The molecule has 2 unspecified atom stereocenters. The SMILES string of the molecule is C#CC1(COC(=O)C(C)C)CCC(n2cc(F)c(N)nc2=O)O1.CC(C)C(=O)O. The molecule has 2 atom stereocenters. The summed E-state index contributed by atoms with van der Waals surface area (Å²) in [7, 11) is 0. The number of carboxylic acids is 1. The number of aliphatic carboxylic acids is 1. The van der Waals surface area contributed by atoms with Gasteiger partial charge >= 0.3 is 17.6 Å². The number of esters is 1. The van der Waals surface area contributed by atoms with Crippen LogP contribution < -0.4 is 11.4 Å². The first-order valence-corrected chi connectivity index (χ1v) is 9.01. The number of anilines is 1. The third kappa shape index (κ3) is 6.57. The largest absolute Gasteiger partial charge is 0.481 e. The first kappa shape index (κ1) is 24.1. The van der Waals surface area contributed by atoms with E-state index in [1.54, 1.807) is 27.7 Å². The van der Waals surface area contributed by atoms with Gasteiger partial charge in [0.15, 0.2) is 17.2 Å². The molecular formula is C19H26FN3O6. The van der Waals surface area contributed by atoms with Gasteiger partial charge in [-0.3, -0.25) is 14.2 Å². The zero-order valence-electron chi connectivity index (χ0n) is 16.8. The molecule has 0 aliphatic carbocycles. The highest BCUT2D eigenvalue weighted by Crippen LogP contribution is 2.36. The average Bonchev–Trinajstić information content (AvgIpc) is 3.07. The van der Waals surface area contributed by atoms with Crippen LogP contribution in [0.2, 0.25) is 0 Å². The Morgan fingerprint density at radius 2 is 2.07 bits per heavy atom. The lowest BCUT2D eigenvalue weighted by molar-refractivity contribution is -0.156. The molecule has 10 heteroatoms. The number of carboxylic acid groups (broad SMARTS) is 1. The van der Waals surface area contributed by atoms with Crippen LogP contribution >= 0.6 is 0 Å². The van der Waals surface area contributed by atoms with Gasteiger partial charge in [-0.1, -0.05) is 33.6 Å². The molecule has 1 aliphatic rings. The Morgan fingerprint density at radius 3 is 2.55 bits per heavy atom. The van der Waals surface area contributed by atoms with Gasteiger partial charge in [0, 0.05) is 0 Å². The van der Waals surface area contributed by atoms with E-state index in [-0.39, 0.29) is 18.4 Å². The van der Waals surface area contributed by atoms with Crippen molar-refractivity contribution in [2.45, 2.75) is 52.4 Å². The molecule has 2 rings (SSSR count). The van der Waals surface area contributed by atoms with E-state index in [1.165, 1.54) is 0 Å². The highest BCUT2D eigenvalue weighted by atomic mass is 19.1. The van der Waals surface area contributed by atoms with Gasteiger partial charge in [0.25, 0.3) is 0 Å². The summed E-state index contributed by atoms with van der Waals surface area (Å²) < 4.78 is 25.3. The van der Waals surface area contributed by atoms with Crippen molar-refractivity contribution in [2.75, 3.05) is 12.3 Å². The second-order valence-electron chi connectivity index (χ2n) is 7.17. The summed E-state index contributed by atoms with van der Waals surface area (Å²) >= 11 is 0. The van der Waals surface area contributed by atoms with E-state index in [1.807, 2.05) is 0 Å². The van der Waals surface area contributed by atoms with Crippen LogP contribution in [-0.2, 0) is 19.1 Å². The molecule has 2 heterocycles. The zero-order chi connectivity index (χ0) is 22.4. The van der Waals surface area contributed by atoms with Crippen molar-refractivity contribution in [3.8, 4) is 12.3 Å². The highest BCUT2D eigenvalue weighted by Gasteiger charge is 2.41. The van der Waals surface area contributed by atoms with Crippen LogP contribution in [0.3, 0.4) is 0 Å². The molecular weight excluding hydrogens is 385 g/mol. The van der Waals surface area contributed by atoms with Crippen LogP contribution in [0.4, 0.5) is 10.2 Å². The standard InChI is InChI=1S/C15H18FN3O4.C4H8O2/c1-4-15(8-22-13(20)9(2)3)6-5-11(23-15)19-7-10(16)12(17)18-14(19)21;1-3(2)4(5)6/h1,7,9,11H,5-6,8H2,2-3H3,(H2,17,18,21);3H,1-2H3,(H,5,6). The zero-order valence-corrected chi connectivity index (χ0v) is 16.8. The minimum atomic E-state index is -1.15. The Labute approximate surface area is 168 Å². The summed E-state index contributed by atoms with van der Waals surface area (Å²) in [5.41, 5.74) is 3.37. The van der Waals surface area contributed by atoms with Gasteiger partial charge in [-0.15, -0.1) is 6.42 Å². The Bertz CT molecular complexity index is 845. The average molecular weight is 411 g/mol. The summed E-state index contributed by atoms with van der Waals surface area (Å²) in [6, 6.07) is 0. The fourth-order valence-corrected chi connectivity index (χ4v) is 2.20. The minimum absolute atomic E-state index is 0.128. The summed E-state index contributed by atoms with van der Waals surface area (Å²) in [6.07, 6.45) is 6.35. The number of hydrogen-bond acceptors (Lipinski definition) is 7. The summed E-state index contributed by atoms with van der Waals surface area (Å²) in [6.45, 7) is 6.55. The van der Waals surface area contributed by atoms with Gasteiger partial charge < -0.3 is 20.3 Å². The first-order chi connectivity index (χ1) is 13.4. The summed E-state index contributed by atoms with van der Waals surface area (Å²) in [5.74, 6) is -0.495. The maximum atomic E-state index is 13.5. The van der Waals surface area contributed by atoms with E-state index in [0.717, 1.165) is 10.8 Å². The van der Waals surface area contributed by atoms with Gasteiger partial charge in [0.1, 0.15) is 12.8 Å². The van der Waals surface area contributed by atoms with E-state index in [0.29, 0.717) is 12.8 Å². The normalized spacial score (nSPS) is 20.7. The molecule has 1 aliphatic heterocycles. The maximum absolute atomic E-state index is 13.5. The number of nitrogen functional groups attached to an aromatic ring is 1. The van der Waals surface area contributed by atoms with E-state index < -0.39 is 41.1 Å². The molecule has 1 aromatic heterocycles. The van der Waals surface area contributed by atoms with Gasteiger partial charge in [0.2, 0.25) is 0 Å². The number of halogens is 1. The third-order valence-electron chi connectivity index (χ3n) is 4.08. The number of aromatic nitrogens is 2. The van der Waals surface area contributed by atoms with Crippen molar-refractivity contribution in [1.82, 2.24) is 9.55 Å². The number of rotatable bonds is 5. The van der Waals surface area contributed by atoms with Crippen molar-refractivity contribution < 1.29 is 28.6 Å². The Kier molecular flexibility index (Phi) is 8.33. The van der Waals surface area contributed by atoms with E-state index in [9.17, 15) is 18.8 Å². The van der Waals surface area contributed by atoms with Gasteiger partial charge in [-0.25, -0.2) is 9.18 Å². The van der Waals surface area contributed by atoms with Gasteiger partial charge in [0.05, 0.1) is 18.0 Å². The number of carbonyl (C=O) groups excluding carboxylic acids is 1. The number of nitrogens with zero attached hydrogens (tertiary/aromatic N) is 2. The van der Waals surface area contributed by atoms with Crippen LogP contribution in [0.1, 0.15) is 46.8 Å². The number of hydrogen-bond donors (Lipinski definition) is 2. The number of terminal acetylenes is 1. The molecule has 1 aromatic rings. The van der Waals surface area contributed by atoms with Crippen molar-refractivity contribution in [3.63, 3.8) is 0 Å². The van der Waals surface area contributed by atoms with E-state index in [2.05, 4.69) is 10.9 Å². The molecule has 0 aromatic carbocycles. The van der Waals surface area contributed by atoms with Crippen molar-refractivity contribution in [3.05, 3.63) is 22.5 Å². The highest BCUT2D eigenvalue weighted by molar-refractivity contribution is 5.71. The molecule has 9 nitrogen and oxygen atoms in total. The lowest BCUT2D eigenvalue weighted by Gasteiger charge is -2.24. The fraction of sp³-hybridized carbons (Fsp3) is 0.579. The third-order valence-corrected chi connectivity index (χ3v) is 4.08. The molecule has 3 N–H and O–H groups in total. The van der Waals surface area contributed by atoms with Gasteiger partial charge in [-0.2, -0.15) is 4.98 Å². The van der Waals surface area contributed by atoms with E-state index in [4.69, 9.17) is 26.7 Å². The lowest BCUT2D eigenvalue weighted by atomic mass is 10.0. The quantitative estimate of drug-likeness (QED) is 0.551. The Hall–Kier alpha value is -2.93. The van der Waals surface area contributed by atoms with Crippen LogP contribution in [0, 0.1) is 30.0 Å². The van der Waals surface area contributed by atoms with Crippen LogP contribution in [0.15, 0.2) is 11.0 Å². The fourth-order valence-electron chi connectivity index (χ4n) is 2.20. The topological polar surface area (TPSA) is 134 Å². The van der Waals surface area contributed by atoms with Crippen molar-refractivity contribution in [1.29, 1.82) is 0 Å². The number of carbonyl (C=O) groups is 2. The van der Waals surface area contributed by atoms with Crippen LogP contribution in [0.5, 0.6) is 0 Å². The Balaban J connectivity index is 0.000000612. The van der Waals surface area contributed by atoms with Crippen LogP contribution in [0.25, 0.3) is 0 Å². The summed E-state index contributed by atoms with van der Waals surface area (Å²) in [5, 5.41) is 7.99. The first-order valence-electron chi connectivity index (χ1n) is 9.01. The summed E-state index contributed by atoms with van der Waals surface area (Å²) in [4.78, 5) is 36.5. The maximum Gasteiger partial charge on any atom is 0.351 e. The smallest absolute Gasteiger partial charge is 0.351 e. The molecule has 0 bridgehead atoms. The Morgan fingerprint density at radius 1 is 1.48 bits per heavy atom. The molecule has 160 valence electrons. The molecule has 0 amide bonds. The monoisotopic (exact) mass is 411 g/mol. The van der Waals surface area contributed by atoms with Crippen molar-refractivity contribution >= 4 is 17.8 Å². The molecule has 1 fully saturated rings. The molecule has 0 spiro atoms. The molecule has 29 heavy (non-hydrogen) atoms. The molecule has 1 saturated heterocycles. The number of ether oxygens (including phenoxy) is 2. The second kappa shape index (κ2) is 10.0. The number of nitrogens with two attached hydrogens (primary N) is 1. The van der Waals surface area contributed by atoms with Gasteiger partial charge in [-0.05, 0) is 12.8 Å². The van der Waals surface area contributed by atoms with E-state index >= 15 is 0 Å². The predicted molar refractivity (Wildman–Crippen MR) is 102 cm³/mol. The lowest BCUT2D eigenvalue weighted by Crippen LogP contribution is -2.36. The van der Waals surface area contributed by atoms with Crippen LogP contribution in [-0.4, -0.2) is 38.8 Å². The second-order valence-corrected chi connectivity index (χ2v) is 7.17.